The van der Waals surface area contributed by atoms with Crippen LogP contribution < -0.4 is 25.0 Å². The van der Waals surface area contributed by atoms with E-state index in [2.05, 4.69) is 44.0 Å². The fraction of sp³-hybridized carbons (Fsp3) is 0.269. The van der Waals surface area contributed by atoms with Gasteiger partial charge >= 0.3 is 6.18 Å². The lowest BCUT2D eigenvalue weighted by molar-refractivity contribution is -0.139. The fourth-order valence-electron chi connectivity index (χ4n) is 3.81. The third kappa shape index (κ3) is 6.51. The Morgan fingerprint density at radius 2 is 1.89 bits per heavy atom. The van der Waals surface area contributed by atoms with Gasteiger partial charge in [0.1, 0.15) is 17.1 Å². The third-order valence-electron chi connectivity index (χ3n) is 5.86. The number of carbonyl (C=O) groups excluding carboxylic acids is 1. The predicted molar refractivity (Wildman–Crippen MR) is 138 cm³/mol. The number of aromatic nitrogens is 2. The van der Waals surface area contributed by atoms with Crippen LogP contribution in [0.3, 0.4) is 0 Å². The molecule has 1 aliphatic rings. The van der Waals surface area contributed by atoms with Crippen molar-refractivity contribution in [2.75, 3.05) is 55.9 Å². The van der Waals surface area contributed by atoms with E-state index in [-0.39, 0.29) is 11.7 Å². The molecular formula is C26H27F3N6O3. The van der Waals surface area contributed by atoms with Crippen molar-refractivity contribution in [1.82, 2.24) is 14.9 Å². The Labute approximate surface area is 217 Å². The van der Waals surface area contributed by atoms with Gasteiger partial charge in [0, 0.05) is 55.9 Å². The normalized spacial score (nSPS) is 14.1. The largest absolute Gasteiger partial charge is 0.494 e. The molecule has 0 aliphatic carbocycles. The number of nitrogens with zero attached hydrogens (tertiary/aromatic N) is 4. The number of rotatable bonds is 8. The van der Waals surface area contributed by atoms with Gasteiger partial charge in [-0.05, 0) is 37.4 Å². The molecule has 1 aromatic heterocycles. The third-order valence-corrected chi connectivity index (χ3v) is 5.86. The Bertz CT molecular complexity index is 1310. The van der Waals surface area contributed by atoms with Crippen LogP contribution in [0, 0.1) is 0 Å². The minimum Gasteiger partial charge on any atom is -0.494 e. The van der Waals surface area contributed by atoms with Crippen LogP contribution in [-0.4, -0.2) is 61.1 Å². The van der Waals surface area contributed by atoms with Gasteiger partial charge in [-0.2, -0.15) is 18.2 Å². The summed E-state index contributed by atoms with van der Waals surface area (Å²) in [5.41, 5.74) is 0.617. The van der Waals surface area contributed by atoms with E-state index in [1.54, 1.807) is 12.1 Å². The maximum Gasteiger partial charge on any atom is 0.423 e. The number of benzene rings is 2. The van der Waals surface area contributed by atoms with E-state index in [4.69, 9.17) is 9.47 Å². The maximum absolute atomic E-state index is 13.7. The van der Waals surface area contributed by atoms with Gasteiger partial charge in [-0.25, -0.2) is 4.98 Å². The van der Waals surface area contributed by atoms with E-state index >= 15 is 0 Å². The van der Waals surface area contributed by atoms with E-state index in [1.165, 1.54) is 25.3 Å². The van der Waals surface area contributed by atoms with Crippen molar-refractivity contribution in [3.8, 4) is 17.4 Å². The number of methoxy groups -OCH3 is 1. The molecule has 12 heteroatoms. The number of nitrogens with one attached hydrogen (secondary N) is 2. The number of hydrogen-bond acceptors (Lipinski definition) is 8. The lowest BCUT2D eigenvalue weighted by Crippen LogP contribution is -2.44. The second kappa shape index (κ2) is 11.4. The number of carbonyl (C=O) groups is 1. The highest BCUT2D eigenvalue weighted by atomic mass is 19.4. The van der Waals surface area contributed by atoms with Gasteiger partial charge in [0.15, 0.2) is 0 Å². The number of amides is 1. The van der Waals surface area contributed by atoms with E-state index in [9.17, 15) is 18.0 Å². The molecule has 0 spiro atoms. The quantitative estimate of drug-likeness (QED) is 0.399. The van der Waals surface area contributed by atoms with Gasteiger partial charge in [-0.1, -0.05) is 12.6 Å². The van der Waals surface area contributed by atoms with E-state index in [1.807, 2.05) is 12.1 Å². The zero-order valence-electron chi connectivity index (χ0n) is 20.9. The standard InChI is InChI=1S/C26H27F3N6O3/c1-4-23(36)31-17-6-5-7-19(14-17)38-24-20(26(27,28)29)16-30-25(33-24)32-21-9-8-18(15-22(21)37-3)35-12-10-34(2)11-13-35/h4-9,14-16H,1,10-13H2,2-3H3,(H,31,36)(H,30,32,33). The monoisotopic (exact) mass is 528 g/mol. The van der Waals surface area contributed by atoms with Gasteiger partial charge in [-0.15, -0.1) is 0 Å². The van der Waals surface area contributed by atoms with Gasteiger partial charge < -0.3 is 29.9 Å². The summed E-state index contributed by atoms with van der Waals surface area (Å²) in [4.78, 5) is 23.9. The number of piperazine rings is 1. The first-order valence-electron chi connectivity index (χ1n) is 11.7. The number of anilines is 4. The van der Waals surface area contributed by atoms with Crippen LogP contribution in [0.1, 0.15) is 5.56 Å². The Morgan fingerprint density at radius 1 is 1.13 bits per heavy atom. The zero-order valence-corrected chi connectivity index (χ0v) is 20.9. The molecule has 3 aromatic rings. The van der Waals surface area contributed by atoms with Gasteiger partial charge in [-0.3, -0.25) is 4.79 Å². The first kappa shape index (κ1) is 26.7. The highest BCUT2D eigenvalue weighted by Gasteiger charge is 2.36. The van der Waals surface area contributed by atoms with Gasteiger partial charge in [0.05, 0.1) is 12.8 Å². The topological polar surface area (TPSA) is 91.8 Å². The Morgan fingerprint density at radius 3 is 2.58 bits per heavy atom. The molecule has 200 valence electrons. The summed E-state index contributed by atoms with van der Waals surface area (Å²) in [6.07, 6.45) is -3.03. The zero-order chi connectivity index (χ0) is 27.3. The first-order chi connectivity index (χ1) is 18.2. The lowest BCUT2D eigenvalue weighted by Gasteiger charge is -2.34. The summed E-state index contributed by atoms with van der Waals surface area (Å²) in [6.45, 7) is 6.98. The maximum atomic E-state index is 13.7. The Balaban J connectivity index is 1.59. The molecule has 4 rings (SSSR count). The molecular weight excluding hydrogens is 501 g/mol. The second-order valence-electron chi connectivity index (χ2n) is 8.53. The molecule has 1 aliphatic heterocycles. The number of alkyl halides is 3. The van der Waals surface area contributed by atoms with Crippen LogP contribution in [0.5, 0.6) is 17.4 Å². The fourth-order valence-corrected chi connectivity index (χ4v) is 3.81. The van der Waals surface area contributed by atoms with Crippen molar-refractivity contribution in [3.05, 3.63) is 66.9 Å². The van der Waals surface area contributed by atoms with Crippen LogP contribution in [-0.2, 0) is 11.0 Å². The van der Waals surface area contributed by atoms with Crippen LogP contribution in [0.15, 0.2) is 61.3 Å². The molecule has 1 saturated heterocycles. The average molecular weight is 529 g/mol. The summed E-state index contributed by atoms with van der Waals surface area (Å²) in [5.74, 6) is -0.765. The molecule has 0 radical (unpaired) electrons. The highest BCUT2D eigenvalue weighted by molar-refractivity contribution is 5.98. The summed E-state index contributed by atoms with van der Waals surface area (Å²) in [7, 11) is 3.58. The van der Waals surface area contributed by atoms with Crippen LogP contribution in [0.4, 0.5) is 36.2 Å². The second-order valence-corrected chi connectivity index (χ2v) is 8.53. The SMILES string of the molecule is C=CC(=O)Nc1cccc(Oc2nc(Nc3ccc(N4CCN(C)CC4)cc3OC)ncc2C(F)(F)F)c1. The molecule has 0 unspecified atom stereocenters. The molecule has 1 amide bonds. The van der Waals surface area contributed by atoms with Crippen LogP contribution >= 0.6 is 0 Å². The van der Waals surface area contributed by atoms with E-state index < -0.39 is 23.5 Å². The molecule has 9 nitrogen and oxygen atoms in total. The summed E-state index contributed by atoms with van der Waals surface area (Å²) < 4.78 is 52.1. The molecule has 2 N–H and O–H groups in total. The molecule has 38 heavy (non-hydrogen) atoms. The summed E-state index contributed by atoms with van der Waals surface area (Å²) >= 11 is 0. The Hall–Kier alpha value is -4.32. The molecule has 2 heterocycles. The number of likely N-dealkylation sites (N-methyl/N-ethyl adjacent to an activating group) is 1. The van der Waals surface area contributed by atoms with Crippen molar-refractivity contribution >= 4 is 28.9 Å². The van der Waals surface area contributed by atoms with Crippen molar-refractivity contribution in [2.24, 2.45) is 0 Å². The lowest BCUT2D eigenvalue weighted by atomic mass is 10.2. The van der Waals surface area contributed by atoms with Crippen molar-refractivity contribution in [1.29, 1.82) is 0 Å². The van der Waals surface area contributed by atoms with Gasteiger partial charge in [0.2, 0.25) is 17.7 Å². The van der Waals surface area contributed by atoms with Crippen LogP contribution in [0.2, 0.25) is 0 Å². The van der Waals surface area contributed by atoms with Crippen molar-refractivity contribution in [2.45, 2.75) is 6.18 Å². The van der Waals surface area contributed by atoms with E-state index in [0.717, 1.165) is 37.9 Å². The summed E-state index contributed by atoms with van der Waals surface area (Å²) in [5, 5.41) is 5.45. The minimum absolute atomic E-state index is 0.0381. The number of ether oxygens (including phenoxy) is 2. The molecule has 2 aromatic carbocycles. The van der Waals surface area contributed by atoms with Crippen molar-refractivity contribution < 1.29 is 27.4 Å². The number of hydrogen-bond donors (Lipinski definition) is 2. The number of halogens is 3. The minimum atomic E-state index is -4.76. The van der Waals surface area contributed by atoms with Crippen molar-refractivity contribution in [3.63, 3.8) is 0 Å². The smallest absolute Gasteiger partial charge is 0.423 e. The highest BCUT2D eigenvalue weighted by Crippen LogP contribution is 2.38. The molecule has 0 bridgehead atoms. The molecule has 1 fully saturated rings. The van der Waals surface area contributed by atoms with Crippen LogP contribution in [0.25, 0.3) is 0 Å². The van der Waals surface area contributed by atoms with E-state index in [0.29, 0.717) is 23.3 Å². The Kier molecular flexibility index (Phi) is 8.01. The predicted octanol–water partition coefficient (Wildman–Crippen LogP) is 4.92. The molecule has 0 saturated carbocycles. The first-order valence-corrected chi connectivity index (χ1v) is 11.7. The average Bonchev–Trinajstić information content (AvgIpc) is 2.89. The molecule has 0 atom stereocenters. The van der Waals surface area contributed by atoms with Gasteiger partial charge in [0.25, 0.3) is 0 Å². The summed E-state index contributed by atoms with van der Waals surface area (Å²) in [6, 6.07) is 11.4.